The Kier molecular flexibility index (Phi) is 10.5. The van der Waals surface area contributed by atoms with Crippen LogP contribution in [0, 0.1) is 5.92 Å². The highest BCUT2D eigenvalue weighted by Crippen LogP contribution is 2.36. The Hall–Kier alpha value is -3.69. The van der Waals surface area contributed by atoms with Gasteiger partial charge in [-0.25, -0.2) is 13.2 Å². The average Bonchev–Trinajstić information content (AvgIpc) is 2.98. The van der Waals surface area contributed by atoms with E-state index in [1.165, 1.54) is 6.26 Å². The summed E-state index contributed by atoms with van der Waals surface area (Å²) in [6.45, 7) is 2.99. The van der Waals surface area contributed by atoms with Crippen molar-refractivity contribution in [3.05, 3.63) is 108 Å². The smallest absolute Gasteiger partial charge is 0.316 e. The van der Waals surface area contributed by atoms with Crippen molar-refractivity contribution >= 4 is 21.8 Å². The van der Waals surface area contributed by atoms with Crippen molar-refractivity contribution in [2.24, 2.45) is 5.92 Å². The Morgan fingerprint density at radius 1 is 0.878 bits per heavy atom. The maximum absolute atomic E-state index is 13.2. The number of rotatable bonds is 11. The van der Waals surface area contributed by atoms with Crippen molar-refractivity contribution in [2.75, 3.05) is 25.9 Å². The summed E-state index contributed by atoms with van der Waals surface area (Å²) in [5.41, 5.74) is 2.51. The van der Waals surface area contributed by atoms with Gasteiger partial charge in [-0.1, -0.05) is 92.2 Å². The van der Waals surface area contributed by atoms with E-state index in [1.807, 2.05) is 66.7 Å². The molecule has 0 spiro atoms. The van der Waals surface area contributed by atoms with Crippen molar-refractivity contribution in [2.45, 2.75) is 43.6 Å². The molecule has 0 bridgehead atoms. The summed E-state index contributed by atoms with van der Waals surface area (Å²) in [5, 5.41) is 8.27. The molecule has 0 radical (unpaired) electrons. The molecule has 3 unspecified atom stereocenters. The number of hydrogen-bond acceptors (Lipinski definition) is 5. The molecule has 1 saturated heterocycles. The van der Waals surface area contributed by atoms with E-state index in [2.05, 4.69) is 27.8 Å². The summed E-state index contributed by atoms with van der Waals surface area (Å²) in [5.74, 6) is -0.657. The summed E-state index contributed by atoms with van der Waals surface area (Å²) in [6, 6.07) is 28.1. The number of carbonyl (C=O) groups is 2. The molecule has 3 atom stereocenters. The number of hydrogen-bond donors (Lipinski definition) is 3. The average molecular weight is 577 g/mol. The lowest BCUT2D eigenvalue weighted by Gasteiger charge is -2.47. The number of nitrogens with zero attached hydrogens (tertiary/aromatic N) is 1. The number of piperidine rings is 1. The number of nitrogens with one attached hydrogen (secondary N) is 3. The molecule has 3 amide bonds. The molecule has 218 valence electrons. The third-order valence-electron chi connectivity index (χ3n) is 7.63. The minimum Gasteiger partial charge on any atom is -0.352 e. The van der Waals surface area contributed by atoms with Gasteiger partial charge in [-0.05, 0) is 42.0 Å². The SMILES string of the molecule is CCCCNC(=O)NC1CC(CNC(=O)c2ccccc2)C(S(C)(=O)=O)CN1C(c1ccccc1)c1ccccc1. The molecular formula is C32H40N4O4S. The van der Waals surface area contributed by atoms with Crippen LogP contribution in [0.3, 0.4) is 0 Å². The summed E-state index contributed by atoms with van der Waals surface area (Å²) < 4.78 is 26.4. The molecule has 3 aromatic carbocycles. The summed E-state index contributed by atoms with van der Waals surface area (Å²) in [7, 11) is -3.51. The Morgan fingerprint density at radius 3 is 1.98 bits per heavy atom. The van der Waals surface area contributed by atoms with Gasteiger partial charge in [-0.15, -0.1) is 0 Å². The van der Waals surface area contributed by atoms with Crippen LogP contribution >= 0.6 is 0 Å². The van der Waals surface area contributed by atoms with Crippen molar-refractivity contribution in [1.82, 2.24) is 20.9 Å². The van der Waals surface area contributed by atoms with Crippen LogP contribution in [0.1, 0.15) is 53.7 Å². The van der Waals surface area contributed by atoms with Crippen LogP contribution < -0.4 is 16.0 Å². The third kappa shape index (κ3) is 8.17. The summed E-state index contributed by atoms with van der Waals surface area (Å²) in [4.78, 5) is 28.0. The third-order valence-corrected chi connectivity index (χ3v) is 9.26. The van der Waals surface area contributed by atoms with Crippen LogP contribution in [0.4, 0.5) is 4.79 Å². The molecule has 0 aliphatic carbocycles. The van der Waals surface area contributed by atoms with Crippen molar-refractivity contribution in [3.8, 4) is 0 Å². The van der Waals surface area contributed by atoms with Crippen LogP contribution in [-0.4, -0.2) is 62.6 Å². The van der Waals surface area contributed by atoms with Gasteiger partial charge in [0.15, 0.2) is 9.84 Å². The van der Waals surface area contributed by atoms with E-state index in [1.54, 1.807) is 24.3 Å². The lowest BCUT2D eigenvalue weighted by molar-refractivity contribution is 0.0668. The predicted octanol–water partition coefficient (Wildman–Crippen LogP) is 4.37. The maximum Gasteiger partial charge on any atom is 0.316 e. The standard InChI is InChI=1S/C32H40N4O4S/c1-3-4-20-33-32(38)35-29-21-27(22-34-31(37)26-18-12-7-13-19-26)28(41(2,39)40)23-36(29)30(24-14-8-5-9-15-24)25-16-10-6-11-17-25/h5-19,27-30H,3-4,20-23H2,1-2H3,(H,34,37)(H2,33,35,38). The topological polar surface area (TPSA) is 108 Å². The van der Waals surface area contributed by atoms with E-state index in [-0.39, 0.29) is 31.1 Å². The largest absolute Gasteiger partial charge is 0.352 e. The molecule has 8 nitrogen and oxygen atoms in total. The lowest BCUT2D eigenvalue weighted by Crippen LogP contribution is -2.61. The fourth-order valence-electron chi connectivity index (χ4n) is 5.53. The number of sulfone groups is 1. The highest BCUT2D eigenvalue weighted by Gasteiger charge is 2.44. The first-order valence-electron chi connectivity index (χ1n) is 14.2. The van der Waals surface area contributed by atoms with Gasteiger partial charge in [0.1, 0.15) is 0 Å². The maximum atomic E-state index is 13.2. The Labute approximate surface area is 243 Å². The Bertz CT molecular complexity index is 1330. The van der Waals surface area contributed by atoms with Crippen molar-refractivity contribution in [3.63, 3.8) is 0 Å². The Morgan fingerprint density at radius 2 is 1.44 bits per heavy atom. The van der Waals surface area contributed by atoms with Crippen molar-refractivity contribution in [1.29, 1.82) is 0 Å². The number of urea groups is 1. The fraction of sp³-hybridized carbons (Fsp3) is 0.375. The van der Waals surface area contributed by atoms with E-state index in [4.69, 9.17) is 0 Å². The first-order valence-corrected chi connectivity index (χ1v) is 16.2. The zero-order chi connectivity index (χ0) is 29.2. The Balaban J connectivity index is 1.67. The molecule has 1 aliphatic heterocycles. The van der Waals surface area contributed by atoms with Gasteiger partial charge in [0.25, 0.3) is 5.91 Å². The molecule has 3 aromatic rings. The zero-order valence-corrected chi connectivity index (χ0v) is 24.5. The monoisotopic (exact) mass is 576 g/mol. The second kappa shape index (κ2) is 14.3. The van der Waals surface area contributed by atoms with E-state index >= 15 is 0 Å². The molecule has 9 heteroatoms. The zero-order valence-electron chi connectivity index (χ0n) is 23.7. The number of unbranched alkanes of at least 4 members (excludes halogenated alkanes) is 1. The molecule has 0 saturated carbocycles. The highest BCUT2D eigenvalue weighted by molar-refractivity contribution is 7.91. The molecule has 1 fully saturated rings. The van der Waals surface area contributed by atoms with Gasteiger partial charge in [0.2, 0.25) is 0 Å². The first-order chi connectivity index (χ1) is 19.8. The number of carbonyl (C=O) groups excluding carboxylic acids is 2. The second-order valence-corrected chi connectivity index (χ2v) is 12.9. The second-order valence-electron chi connectivity index (χ2n) is 10.6. The molecule has 0 aromatic heterocycles. The van der Waals surface area contributed by atoms with Gasteiger partial charge >= 0.3 is 6.03 Å². The van der Waals surface area contributed by atoms with Gasteiger partial charge in [0.05, 0.1) is 17.5 Å². The van der Waals surface area contributed by atoms with Crippen LogP contribution in [0.5, 0.6) is 0 Å². The minimum atomic E-state index is -3.51. The van der Waals surface area contributed by atoms with E-state index in [9.17, 15) is 18.0 Å². The van der Waals surface area contributed by atoms with Gasteiger partial charge in [-0.3, -0.25) is 9.69 Å². The predicted molar refractivity (Wildman–Crippen MR) is 162 cm³/mol. The number of benzene rings is 3. The first kappa shape index (κ1) is 30.3. The molecular weight excluding hydrogens is 536 g/mol. The van der Waals surface area contributed by atoms with E-state index in [0.29, 0.717) is 18.5 Å². The van der Waals surface area contributed by atoms with Crippen LogP contribution in [0.15, 0.2) is 91.0 Å². The van der Waals surface area contributed by atoms with Gasteiger partial charge in [-0.2, -0.15) is 0 Å². The summed E-state index contributed by atoms with van der Waals surface area (Å²) >= 11 is 0. The quantitative estimate of drug-likeness (QED) is 0.294. The number of likely N-dealkylation sites (tertiary alicyclic amines) is 1. The molecule has 4 rings (SSSR count). The lowest BCUT2D eigenvalue weighted by atomic mass is 9.88. The minimum absolute atomic E-state index is 0.177. The molecule has 1 heterocycles. The fourth-order valence-corrected chi connectivity index (χ4v) is 6.88. The van der Waals surface area contributed by atoms with Gasteiger partial charge in [0, 0.05) is 31.5 Å². The highest BCUT2D eigenvalue weighted by atomic mass is 32.2. The van der Waals surface area contributed by atoms with Crippen LogP contribution in [0.25, 0.3) is 0 Å². The normalized spacial score (nSPS) is 19.4. The van der Waals surface area contributed by atoms with Crippen LogP contribution in [-0.2, 0) is 9.84 Å². The van der Waals surface area contributed by atoms with E-state index < -0.39 is 27.2 Å². The molecule has 41 heavy (non-hydrogen) atoms. The molecule has 1 aliphatic rings. The number of amides is 3. The van der Waals surface area contributed by atoms with Gasteiger partial charge < -0.3 is 16.0 Å². The summed E-state index contributed by atoms with van der Waals surface area (Å²) in [6.07, 6.45) is 2.96. The van der Waals surface area contributed by atoms with Crippen LogP contribution in [0.2, 0.25) is 0 Å². The van der Waals surface area contributed by atoms with Crippen molar-refractivity contribution < 1.29 is 18.0 Å². The molecule has 3 N–H and O–H groups in total. The van der Waals surface area contributed by atoms with E-state index in [0.717, 1.165) is 24.0 Å².